The summed E-state index contributed by atoms with van der Waals surface area (Å²) in [6.07, 6.45) is 0.0545. The minimum absolute atomic E-state index is 0.0545. The molecule has 5 nitrogen and oxygen atoms in total. The second-order valence-electron chi connectivity index (χ2n) is 5.10. The maximum Gasteiger partial charge on any atom is 0.219 e. The number of amides is 1. The third kappa shape index (κ3) is 4.69. The molecule has 0 aliphatic heterocycles. The van der Waals surface area contributed by atoms with Crippen molar-refractivity contribution in [3.05, 3.63) is 59.4 Å². The number of nitrogens with two attached hydrogens (primary N) is 2. The number of rotatable bonds is 7. The molecule has 0 aliphatic rings. The average Bonchev–Trinajstić information content (AvgIpc) is 2.53. The van der Waals surface area contributed by atoms with Crippen LogP contribution in [0.15, 0.2) is 42.5 Å². The minimum atomic E-state index is -0.493. The SMILES string of the molecule is COc1cc(C(N)CC(N)=O)ccc1OCc1ccc(F)cc1. The molecule has 0 bridgehead atoms. The molecular weight excluding hydrogens is 299 g/mol. The lowest BCUT2D eigenvalue weighted by Gasteiger charge is -2.15. The Kier molecular flexibility index (Phi) is 5.54. The van der Waals surface area contributed by atoms with Gasteiger partial charge in [-0.2, -0.15) is 0 Å². The van der Waals surface area contributed by atoms with Gasteiger partial charge in [0.05, 0.1) is 7.11 Å². The maximum absolute atomic E-state index is 12.9. The zero-order chi connectivity index (χ0) is 16.8. The first-order valence-corrected chi connectivity index (χ1v) is 7.08. The van der Waals surface area contributed by atoms with E-state index in [1.165, 1.54) is 19.2 Å². The van der Waals surface area contributed by atoms with E-state index < -0.39 is 11.9 Å². The molecule has 0 spiro atoms. The Balaban J connectivity index is 2.09. The smallest absolute Gasteiger partial charge is 0.219 e. The molecule has 122 valence electrons. The number of benzene rings is 2. The monoisotopic (exact) mass is 318 g/mol. The summed E-state index contributed by atoms with van der Waals surface area (Å²) in [5.74, 6) is 0.281. The van der Waals surface area contributed by atoms with Gasteiger partial charge in [-0.1, -0.05) is 18.2 Å². The van der Waals surface area contributed by atoms with Crippen LogP contribution in [0.5, 0.6) is 11.5 Å². The standard InChI is InChI=1S/C17H19FN2O3/c1-22-16-8-12(14(19)9-17(20)21)4-7-15(16)23-10-11-2-5-13(18)6-3-11/h2-8,14H,9-10,19H2,1H3,(H2,20,21). The van der Waals surface area contributed by atoms with E-state index in [1.807, 2.05) is 0 Å². The molecule has 1 amide bonds. The summed E-state index contributed by atoms with van der Waals surface area (Å²) in [5, 5.41) is 0. The van der Waals surface area contributed by atoms with Crippen molar-refractivity contribution in [3.8, 4) is 11.5 Å². The van der Waals surface area contributed by atoms with E-state index in [0.717, 1.165) is 11.1 Å². The van der Waals surface area contributed by atoms with Gasteiger partial charge in [0.1, 0.15) is 12.4 Å². The van der Waals surface area contributed by atoms with Crippen LogP contribution in [0.3, 0.4) is 0 Å². The van der Waals surface area contributed by atoms with Crippen LogP contribution in [0, 0.1) is 5.82 Å². The lowest BCUT2D eigenvalue weighted by atomic mass is 10.0. The Morgan fingerprint density at radius 3 is 2.48 bits per heavy atom. The fraction of sp³-hybridized carbons (Fsp3) is 0.235. The second-order valence-corrected chi connectivity index (χ2v) is 5.10. The van der Waals surface area contributed by atoms with Gasteiger partial charge in [0, 0.05) is 12.5 Å². The number of ether oxygens (including phenoxy) is 2. The highest BCUT2D eigenvalue weighted by Gasteiger charge is 2.13. The molecule has 0 radical (unpaired) electrons. The fourth-order valence-corrected chi connectivity index (χ4v) is 2.11. The van der Waals surface area contributed by atoms with Gasteiger partial charge in [-0.15, -0.1) is 0 Å². The zero-order valence-electron chi connectivity index (χ0n) is 12.8. The van der Waals surface area contributed by atoms with E-state index >= 15 is 0 Å². The second kappa shape index (κ2) is 7.60. The molecule has 2 rings (SSSR count). The van der Waals surface area contributed by atoms with Gasteiger partial charge in [0.25, 0.3) is 0 Å². The third-order valence-electron chi connectivity index (χ3n) is 3.34. The number of primary amides is 1. The largest absolute Gasteiger partial charge is 0.493 e. The van der Waals surface area contributed by atoms with Crippen LogP contribution in [-0.4, -0.2) is 13.0 Å². The first kappa shape index (κ1) is 16.8. The van der Waals surface area contributed by atoms with E-state index in [2.05, 4.69) is 0 Å². The number of methoxy groups -OCH3 is 1. The topological polar surface area (TPSA) is 87.6 Å². The molecule has 2 aromatic carbocycles. The maximum atomic E-state index is 12.9. The van der Waals surface area contributed by atoms with Crippen molar-refractivity contribution in [1.82, 2.24) is 0 Å². The Bertz CT molecular complexity index is 674. The first-order chi connectivity index (χ1) is 11.0. The molecular formula is C17H19FN2O3. The molecule has 4 N–H and O–H groups in total. The van der Waals surface area contributed by atoms with Crippen molar-refractivity contribution in [2.45, 2.75) is 19.1 Å². The summed E-state index contributed by atoms with van der Waals surface area (Å²) in [4.78, 5) is 10.9. The van der Waals surface area contributed by atoms with E-state index in [0.29, 0.717) is 11.5 Å². The molecule has 0 heterocycles. The summed E-state index contributed by atoms with van der Waals surface area (Å²) in [5.41, 5.74) is 12.6. The quantitative estimate of drug-likeness (QED) is 0.820. The van der Waals surface area contributed by atoms with Crippen molar-refractivity contribution in [2.24, 2.45) is 11.5 Å². The average molecular weight is 318 g/mol. The molecule has 0 fully saturated rings. The number of carbonyl (C=O) groups excluding carboxylic acids is 1. The summed E-state index contributed by atoms with van der Waals surface area (Å²) >= 11 is 0. The molecule has 0 saturated carbocycles. The molecule has 23 heavy (non-hydrogen) atoms. The molecule has 1 atom stereocenters. The van der Waals surface area contributed by atoms with E-state index in [-0.39, 0.29) is 18.8 Å². The normalized spacial score (nSPS) is 11.8. The van der Waals surface area contributed by atoms with Crippen molar-refractivity contribution in [1.29, 1.82) is 0 Å². The van der Waals surface area contributed by atoms with Gasteiger partial charge in [-0.3, -0.25) is 4.79 Å². The van der Waals surface area contributed by atoms with Gasteiger partial charge in [-0.05, 0) is 35.4 Å². The number of hydrogen-bond acceptors (Lipinski definition) is 4. The van der Waals surface area contributed by atoms with Gasteiger partial charge in [0.2, 0.25) is 5.91 Å². The van der Waals surface area contributed by atoms with Gasteiger partial charge < -0.3 is 20.9 Å². The molecule has 2 aromatic rings. The number of carbonyl (C=O) groups is 1. The van der Waals surface area contributed by atoms with Gasteiger partial charge in [0.15, 0.2) is 11.5 Å². The lowest BCUT2D eigenvalue weighted by Crippen LogP contribution is -2.20. The van der Waals surface area contributed by atoms with Crippen molar-refractivity contribution in [3.63, 3.8) is 0 Å². The molecule has 1 unspecified atom stereocenters. The third-order valence-corrected chi connectivity index (χ3v) is 3.34. The summed E-state index contributed by atoms with van der Waals surface area (Å²) < 4.78 is 23.9. The van der Waals surface area contributed by atoms with Crippen LogP contribution in [0.1, 0.15) is 23.6 Å². The summed E-state index contributed by atoms with van der Waals surface area (Å²) in [7, 11) is 1.52. The highest BCUT2D eigenvalue weighted by molar-refractivity contribution is 5.74. The Labute approximate surface area is 134 Å². The minimum Gasteiger partial charge on any atom is -0.493 e. The first-order valence-electron chi connectivity index (χ1n) is 7.08. The summed E-state index contributed by atoms with van der Waals surface area (Å²) in [6.45, 7) is 0.281. The Morgan fingerprint density at radius 1 is 1.17 bits per heavy atom. The van der Waals surface area contributed by atoms with E-state index in [1.54, 1.807) is 30.3 Å². The van der Waals surface area contributed by atoms with Crippen molar-refractivity contribution >= 4 is 5.91 Å². The highest BCUT2D eigenvalue weighted by atomic mass is 19.1. The number of hydrogen-bond donors (Lipinski definition) is 2. The van der Waals surface area contributed by atoms with Crippen LogP contribution in [0.25, 0.3) is 0 Å². The molecule has 6 heteroatoms. The predicted octanol–water partition coefficient (Wildman–Crippen LogP) is 2.29. The Morgan fingerprint density at radius 2 is 1.87 bits per heavy atom. The van der Waals surface area contributed by atoms with Crippen molar-refractivity contribution in [2.75, 3.05) is 7.11 Å². The van der Waals surface area contributed by atoms with Crippen LogP contribution >= 0.6 is 0 Å². The van der Waals surface area contributed by atoms with E-state index in [4.69, 9.17) is 20.9 Å². The van der Waals surface area contributed by atoms with E-state index in [9.17, 15) is 9.18 Å². The summed E-state index contributed by atoms with van der Waals surface area (Å²) in [6, 6.07) is 10.8. The molecule has 0 saturated heterocycles. The molecule has 0 aliphatic carbocycles. The fourth-order valence-electron chi connectivity index (χ4n) is 2.11. The van der Waals surface area contributed by atoms with Crippen LogP contribution in [0.4, 0.5) is 4.39 Å². The highest BCUT2D eigenvalue weighted by Crippen LogP contribution is 2.31. The number of halogens is 1. The van der Waals surface area contributed by atoms with Crippen LogP contribution in [0.2, 0.25) is 0 Å². The van der Waals surface area contributed by atoms with Crippen LogP contribution in [-0.2, 0) is 11.4 Å². The van der Waals surface area contributed by atoms with Crippen LogP contribution < -0.4 is 20.9 Å². The zero-order valence-corrected chi connectivity index (χ0v) is 12.8. The Hall–Kier alpha value is -2.60. The predicted molar refractivity (Wildman–Crippen MR) is 84.5 cm³/mol. The van der Waals surface area contributed by atoms with Crippen molar-refractivity contribution < 1.29 is 18.7 Å². The lowest BCUT2D eigenvalue weighted by molar-refractivity contribution is -0.118. The van der Waals surface area contributed by atoms with Gasteiger partial charge >= 0.3 is 0 Å². The molecule has 0 aromatic heterocycles. The van der Waals surface area contributed by atoms with Gasteiger partial charge in [-0.25, -0.2) is 4.39 Å².